The first-order valence-corrected chi connectivity index (χ1v) is 8.45. The van der Waals surface area contributed by atoms with Gasteiger partial charge in [0.15, 0.2) is 0 Å². The van der Waals surface area contributed by atoms with Crippen molar-refractivity contribution in [1.82, 2.24) is 9.80 Å². The van der Waals surface area contributed by atoms with Crippen LogP contribution in [0.3, 0.4) is 0 Å². The topological polar surface area (TPSA) is 101 Å². The van der Waals surface area contributed by atoms with Crippen LogP contribution in [-0.4, -0.2) is 45.5 Å². The summed E-state index contributed by atoms with van der Waals surface area (Å²) in [5, 5.41) is 10.9. The maximum absolute atomic E-state index is 12.7. The third-order valence-corrected chi connectivity index (χ3v) is 4.94. The van der Waals surface area contributed by atoms with Crippen LogP contribution in [0.5, 0.6) is 0 Å². The van der Waals surface area contributed by atoms with Crippen molar-refractivity contribution in [2.45, 2.75) is 13.0 Å². The van der Waals surface area contributed by atoms with E-state index >= 15 is 0 Å². The molecule has 27 heavy (non-hydrogen) atoms. The summed E-state index contributed by atoms with van der Waals surface area (Å²) in [4.78, 5) is 50.4. The van der Waals surface area contributed by atoms with Crippen molar-refractivity contribution >= 4 is 23.4 Å². The molecular weight excluding hydrogens is 350 g/mol. The van der Waals surface area contributed by atoms with E-state index in [1.54, 1.807) is 4.90 Å². The molecule has 0 saturated heterocycles. The second-order valence-electron chi connectivity index (χ2n) is 6.52. The Morgan fingerprint density at radius 1 is 1.04 bits per heavy atom. The van der Waals surface area contributed by atoms with Gasteiger partial charge in [-0.2, -0.15) is 0 Å². The quantitative estimate of drug-likeness (QED) is 0.469. The average Bonchev–Trinajstić information content (AvgIpc) is 2.92. The predicted octanol–water partition coefficient (Wildman–Crippen LogP) is 1.78. The molecule has 0 unspecified atom stereocenters. The summed E-state index contributed by atoms with van der Waals surface area (Å²) >= 11 is 0. The smallest absolute Gasteiger partial charge is 0.270 e. The van der Waals surface area contributed by atoms with Crippen molar-refractivity contribution in [3.8, 4) is 0 Å². The number of nitrogens with zero attached hydrogens (tertiary/aromatic N) is 3. The van der Waals surface area contributed by atoms with E-state index in [1.807, 2.05) is 24.3 Å². The molecule has 8 nitrogen and oxygen atoms in total. The zero-order valence-corrected chi connectivity index (χ0v) is 14.3. The zero-order valence-electron chi connectivity index (χ0n) is 14.3. The molecular formula is C19H15N3O5. The van der Waals surface area contributed by atoms with Crippen molar-refractivity contribution in [2.75, 3.05) is 13.1 Å². The van der Waals surface area contributed by atoms with E-state index in [-0.39, 0.29) is 29.3 Å². The molecule has 0 N–H and O–H groups in total. The Kier molecular flexibility index (Phi) is 3.95. The van der Waals surface area contributed by atoms with Crippen LogP contribution in [-0.2, 0) is 17.8 Å². The number of rotatable bonds is 3. The van der Waals surface area contributed by atoms with Crippen LogP contribution in [0.1, 0.15) is 31.8 Å². The highest BCUT2D eigenvalue weighted by atomic mass is 16.6. The lowest BCUT2D eigenvalue weighted by molar-refractivity contribution is -0.384. The number of fused-ring (bicyclic) bond motifs is 2. The molecule has 3 amide bonds. The Hall–Kier alpha value is -3.55. The standard InChI is InChI=1S/C19H15N3O5/c23-17(20-8-7-12-3-1-2-4-13(12)10-20)11-21-18(24)15-6-5-14(22(26)27)9-16(15)19(21)25/h1-6,9H,7-8,10-11H2. The van der Waals surface area contributed by atoms with Crippen molar-refractivity contribution < 1.29 is 19.3 Å². The molecule has 4 rings (SSSR count). The summed E-state index contributed by atoms with van der Waals surface area (Å²) in [5.41, 5.74) is 2.02. The van der Waals surface area contributed by atoms with Crippen LogP contribution in [0, 0.1) is 10.1 Å². The first-order valence-electron chi connectivity index (χ1n) is 8.45. The van der Waals surface area contributed by atoms with Crippen LogP contribution < -0.4 is 0 Å². The van der Waals surface area contributed by atoms with Crippen molar-refractivity contribution in [2.24, 2.45) is 0 Å². The van der Waals surface area contributed by atoms with Gasteiger partial charge in [-0.1, -0.05) is 24.3 Å². The van der Waals surface area contributed by atoms with Gasteiger partial charge in [-0.15, -0.1) is 0 Å². The molecule has 2 heterocycles. The highest BCUT2D eigenvalue weighted by Crippen LogP contribution is 2.27. The Morgan fingerprint density at radius 2 is 1.74 bits per heavy atom. The summed E-state index contributed by atoms with van der Waals surface area (Å²) in [6.07, 6.45) is 0.718. The maximum Gasteiger partial charge on any atom is 0.270 e. The zero-order chi connectivity index (χ0) is 19.1. The molecule has 2 aliphatic rings. The molecule has 0 aliphatic carbocycles. The number of benzene rings is 2. The molecule has 2 aliphatic heterocycles. The number of nitro benzene ring substituents is 1. The van der Waals surface area contributed by atoms with E-state index in [9.17, 15) is 24.5 Å². The summed E-state index contributed by atoms with van der Waals surface area (Å²) in [7, 11) is 0. The number of amides is 3. The molecule has 8 heteroatoms. The molecule has 0 atom stereocenters. The predicted molar refractivity (Wildman–Crippen MR) is 94.0 cm³/mol. The number of imide groups is 1. The van der Waals surface area contributed by atoms with Crippen LogP contribution in [0.4, 0.5) is 5.69 Å². The van der Waals surface area contributed by atoms with E-state index in [2.05, 4.69) is 0 Å². The summed E-state index contributed by atoms with van der Waals surface area (Å²) in [5.74, 6) is -1.60. The molecule has 0 bridgehead atoms. The molecule has 0 spiro atoms. The lowest BCUT2D eigenvalue weighted by Gasteiger charge is -2.30. The lowest BCUT2D eigenvalue weighted by atomic mass is 10.00. The maximum atomic E-state index is 12.7. The van der Waals surface area contributed by atoms with Crippen LogP contribution >= 0.6 is 0 Å². The minimum atomic E-state index is -0.676. The minimum Gasteiger partial charge on any atom is -0.336 e. The molecule has 2 aromatic carbocycles. The Balaban J connectivity index is 1.52. The van der Waals surface area contributed by atoms with Crippen LogP contribution in [0.15, 0.2) is 42.5 Å². The monoisotopic (exact) mass is 365 g/mol. The van der Waals surface area contributed by atoms with Gasteiger partial charge < -0.3 is 4.90 Å². The van der Waals surface area contributed by atoms with Gasteiger partial charge >= 0.3 is 0 Å². The van der Waals surface area contributed by atoms with Crippen molar-refractivity contribution in [3.63, 3.8) is 0 Å². The van der Waals surface area contributed by atoms with Gasteiger partial charge in [-0.3, -0.25) is 29.4 Å². The van der Waals surface area contributed by atoms with Gasteiger partial charge in [0.05, 0.1) is 16.1 Å². The van der Waals surface area contributed by atoms with E-state index in [0.29, 0.717) is 13.1 Å². The van der Waals surface area contributed by atoms with Crippen molar-refractivity contribution in [1.29, 1.82) is 0 Å². The fraction of sp³-hybridized carbons (Fsp3) is 0.211. The first kappa shape index (κ1) is 16.9. The highest BCUT2D eigenvalue weighted by Gasteiger charge is 2.38. The number of nitro groups is 1. The Bertz CT molecular complexity index is 1000. The van der Waals surface area contributed by atoms with E-state index in [1.165, 1.54) is 17.7 Å². The fourth-order valence-corrected chi connectivity index (χ4v) is 3.48. The second-order valence-corrected chi connectivity index (χ2v) is 6.52. The SMILES string of the molecule is O=C(CN1C(=O)c2ccc([N+](=O)[O-])cc2C1=O)N1CCc2ccccc2C1. The third kappa shape index (κ3) is 2.84. The van der Waals surface area contributed by atoms with Gasteiger partial charge in [-0.05, 0) is 23.6 Å². The molecule has 0 aromatic heterocycles. The van der Waals surface area contributed by atoms with Gasteiger partial charge in [0, 0.05) is 25.2 Å². The number of carbonyl (C=O) groups is 3. The van der Waals surface area contributed by atoms with Gasteiger partial charge in [0.25, 0.3) is 17.5 Å². The highest BCUT2D eigenvalue weighted by molar-refractivity contribution is 6.22. The molecule has 0 radical (unpaired) electrons. The Morgan fingerprint density at radius 3 is 2.48 bits per heavy atom. The summed E-state index contributed by atoms with van der Waals surface area (Å²) in [6, 6.07) is 11.4. The molecule has 136 valence electrons. The van der Waals surface area contributed by atoms with E-state index < -0.39 is 16.7 Å². The van der Waals surface area contributed by atoms with Gasteiger partial charge in [0.2, 0.25) is 5.91 Å². The van der Waals surface area contributed by atoms with Crippen LogP contribution in [0.25, 0.3) is 0 Å². The first-order chi connectivity index (χ1) is 13.0. The fourth-order valence-electron chi connectivity index (χ4n) is 3.48. The largest absolute Gasteiger partial charge is 0.336 e. The van der Waals surface area contributed by atoms with E-state index in [4.69, 9.17) is 0 Å². The number of carbonyl (C=O) groups excluding carboxylic acids is 3. The van der Waals surface area contributed by atoms with Gasteiger partial charge in [-0.25, -0.2) is 0 Å². The third-order valence-electron chi connectivity index (χ3n) is 4.94. The number of non-ortho nitro benzene ring substituents is 1. The normalized spacial score (nSPS) is 15.6. The van der Waals surface area contributed by atoms with Crippen molar-refractivity contribution in [3.05, 3.63) is 74.8 Å². The summed E-state index contributed by atoms with van der Waals surface area (Å²) in [6.45, 7) is 0.580. The van der Waals surface area contributed by atoms with Crippen LogP contribution in [0.2, 0.25) is 0 Å². The lowest BCUT2D eigenvalue weighted by Crippen LogP contribution is -2.44. The Labute approximate surface area is 154 Å². The molecule has 0 fully saturated rings. The summed E-state index contributed by atoms with van der Waals surface area (Å²) < 4.78 is 0. The number of hydrogen-bond donors (Lipinski definition) is 0. The minimum absolute atomic E-state index is 0.0361. The second kappa shape index (κ2) is 6.31. The molecule has 2 aromatic rings. The van der Waals surface area contributed by atoms with Gasteiger partial charge in [0.1, 0.15) is 6.54 Å². The van der Waals surface area contributed by atoms with E-state index in [0.717, 1.165) is 23.0 Å². The average molecular weight is 365 g/mol. The number of hydrogen-bond acceptors (Lipinski definition) is 5. The molecule has 0 saturated carbocycles.